The fourth-order valence-corrected chi connectivity index (χ4v) is 1.99. The molecule has 0 aromatic heterocycles. The van der Waals surface area contributed by atoms with Crippen molar-refractivity contribution in [2.75, 3.05) is 0 Å². The van der Waals surface area contributed by atoms with E-state index in [0.29, 0.717) is 11.3 Å². The highest BCUT2D eigenvalue weighted by Gasteiger charge is 2.04. The maximum Gasteiger partial charge on any atom is 0.150 e. The number of aldehydes is 1. The molecule has 0 spiro atoms. The Hall–Kier alpha value is -2.09. The molecule has 0 amide bonds. The first-order valence-electron chi connectivity index (χ1n) is 5.93. The lowest BCUT2D eigenvalue weighted by molar-refractivity contribution is 0.112. The number of hydrogen-bond acceptors (Lipinski definition) is 2. The van der Waals surface area contributed by atoms with Gasteiger partial charge in [0, 0.05) is 5.56 Å². The smallest absolute Gasteiger partial charge is 0.150 e. The SMILES string of the molecule is Cc1cc(Cc2ccc(C=O)cc2)c(C)cc1O. The molecule has 2 rings (SSSR count). The third-order valence-electron chi connectivity index (χ3n) is 3.16. The molecule has 0 aliphatic carbocycles. The van der Waals surface area contributed by atoms with Crippen molar-refractivity contribution >= 4 is 6.29 Å². The number of aryl methyl sites for hydroxylation is 2. The Labute approximate surface area is 107 Å². The van der Waals surface area contributed by atoms with Crippen molar-refractivity contribution in [1.82, 2.24) is 0 Å². The van der Waals surface area contributed by atoms with Crippen LogP contribution in [0.5, 0.6) is 5.75 Å². The first-order valence-corrected chi connectivity index (χ1v) is 5.93. The summed E-state index contributed by atoms with van der Waals surface area (Å²) in [6.45, 7) is 3.89. The van der Waals surface area contributed by atoms with Crippen LogP contribution in [0.1, 0.15) is 32.6 Å². The fraction of sp³-hybridized carbons (Fsp3) is 0.188. The lowest BCUT2D eigenvalue weighted by Gasteiger charge is -2.09. The summed E-state index contributed by atoms with van der Waals surface area (Å²) < 4.78 is 0. The van der Waals surface area contributed by atoms with E-state index in [1.54, 1.807) is 6.07 Å². The Kier molecular flexibility index (Phi) is 3.47. The molecule has 0 aliphatic rings. The normalized spacial score (nSPS) is 10.3. The van der Waals surface area contributed by atoms with Gasteiger partial charge < -0.3 is 5.11 Å². The molecule has 2 aromatic carbocycles. The van der Waals surface area contributed by atoms with Crippen LogP contribution in [0, 0.1) is 13.8 Å². The summed E-state index contributed by atoms with van der Waals surface area (Å²) in [5.41, 5.74) is 5.02. The second-order valence-electron chi connectivity index (χ2n) is 4.60. The first-order chi connectivity index (χ1) is 8.60. The standard InChI is InChI=1S/C16H16O2/c1-11-8-16(18)12(2)7-15(11)9-13-3-5-14(10-17)6-4-13/h3-8,10,18H,9H2,1-2H3. The van der Waals surface area contributed by atoms with Gasteiger partial charge in [-0.1, -0.05) is 30.3 Å². The Balaban J connectivity index is 2.27. The van der Waals surface area contributed by atoms with E-state index in [2.05, 4.69) is 0 Å². The number of phenolic OH excluding ortho intramolecular Hbond substituents is 1. The lowest BCUT2D eigenvalue weighted by atomic mass is 9.97. The molecule has 2 heteroatoms. The maximum atomic E-state index is 10.6. The predicted octanol–water partition coefficient (Wildman–Crippen LogP) is 3.41. The molecule has 0 atom stereocenters. The third-order valence-corrected chi connectivity index (χ3v) is 3.16. The van der Waals surface area contributed by atoms with Crippen LogP contribution in [0.3, 0.4) is 0 Å². The molecular formula is C16H16O2. The van der Waals surface area contributed by atoms with Crippen LogP contribution in [-0.4, -0.2) is 11.4 Å². The molecule has 1 N–H and O–H groups in total. The van der Waals surface area contributed by atoms with E-state index in [1.807, 2.05) is 44.2 Å². The van der Waals surface area contributed by atoms with Crippen molar-refractivity contribution in [2.24, 2.45) is 0 Å². The lowest BCUT2D eigenvalue weighted by Crippen LogP contribution is -1.93. The number of rotatable bonds is 3. The van der Waals surface area contributed by atoms with Crippen molar-refractivity contribution < 1.29 is 9.90 Å². The summed E-state index contributed by atoms with van der Waals surface area (Å²) >= 11 is 0. The quantitative estimate of drug-likeness (QED) is 0.835. The van der Waals surface area contributed by atoms with Gasteiger partial charge in [0.1, 0.15) is 12.0 Å². The van der Waals surface area contributed by atoms with Crippen molar-refractivity contribution in [3.05, 3.63) is 64.2 Å². The van der Waals surface area contributed by atoms with Crippen LogP contribution in [0.4, 0.5) is 0 Å². The third kappa shape index (κ3) is 2.59. The molecule has 0 saturated heterocycles. The number of hydrogen-bond donors (Lipinski definition) is 1. The number of aromatic hydroxyl groups is 1. The molecule has 18 heavy (non-hydrogen) atoms. The van der Waals surface area contributed by atoms with Gasteiger partial charge in [0.2, 0.25) is 0 Å². The highest BCUT2D eigenvalue weighted by atomic mass is 16.3. The van der Waals surface area contributed by atoms with Crippen molar-refractivity contribution in [1.29, 1.82) is 0 Å². The van der Waals surface area contributed by atoms with Gasteiger partial charge in [-0.3, -0.25) is 4.79 Å². The fourth-order valence-electron chi connectivity index (χ4n) is 1.99. The number of benzene rings is 2. The molecule has 0 heterocycles. The molecule has 0 fully saturated rings. The predicted molar refractivity (Wildman–Crippen MR) is 72.2 cm³/mol. The summed E-state index contributed by atoms with van der Waals surface area (Å²) in [7, 11) is 0. The van der Waals surface area contributed by atoms with Crippen molar-refractivity contribution in [2.45, 2.75) is 20.3 Å². The minimum atomic E-state index is 0.340. The monoisotopic (exact) mass is 240 g/mol. The average Bonchev–Trinajstić information content (AvgIpc) is 2.37. The molecule has 0 radical (unpaired) electrons. The highest BCUT2D eigenvalue weighted by molar-refractivity contribution is 5.74. The van der Waals surface area contributed by atoms with Crippen LogP contribution < -0.4 is 0 Å². The molecule has 0 aliphatic heterocycles. The van der Waals surface area contributed by atoms with Gasteiger partial charge in [-0.25, -0.2) is 0 Å². The molecule has 2 aromatic rings. The second kappa shape index (κ2) is 5.05. The molecule has 0 bridgehead atoms. The van der Waals surface area contributed by atoms with E-state index in [-0.39, 0.29) is 0 Å². The van der Waals surface area contributed by atoms with Gasteiger partial charge >= 0.3 is 0 Å². The molecule has 0 unspecified atom stereocenters. The molecule has 92 valence electrons. The Bertz CT molecular complexity index is 568. The van der Waals surface area contributed by atoms with Crippen LogP contribution in [0.2, 0.25) is 0 Å². The minimum absolute atomic E-state index is 0.340. The summed E-state index contributed by atoms with van der Waals surface area (Å²) in [5, 5.41) is 9.62. The van der Waals surface area contributed by atoms with Crippen molar-refractivity contribution in [3.8, 4) is 5.75 Å². The van der Waals surface area contributed by atoms with Gasteiger partial charge in [0.05, 0.1) is 0 Å². The zero-order chi connectivity index (χ0) is 13.1. The van der Waals surface area contributed by atoms with E-state index in [9.17, 15) is 9.90 Å². The van der Waals surface area contributed by atoms with E-state index in [4.69, 9.17) is 0 Å². The highest BCUT2D eigenvalue weighted by Crippen LogP contribution is 2.23. The van der Waals surface area contributed by atoms with Crippen LogP contribution >= 0.6 is 0 Å². The van der Waals surface area contributed by atoms with E-state index in [0.717, 1.165) is 29.4 Å². The van der Waals surface area contributed by atoms with Crippen LogP contribution in [-0.2, 0) is 6.42 Å². The number of carbonyl (C=O) groups excluding carboxylic acids is 1. The topological polar surface area (TPSA) is 37.3 Å². The Morgan fingerprint density at radius 2 is 1.72 bits per heavy atom. The minimum Gasteiger partial charge on any atom is -0.508 e. The second-order valence-corrected chi connectivity index (χ2v) is 4.60. The number of phenols is 1. The van der Waals surface area contributed by atoms with Crippen LogP contribution in [0.15, 0.2) is 36.4 Å². The van der Waals surface area contributed by atoms with Gasteiger partial charge in [-0.15, -0.1) is 0 Å². The van der Waals surface area contributed by atoms with Gasteiger partial charge in [-0.2, -0.15) is 0 Å². The maximum absolute atomic E-state index is 10.6. The van der Waals surface area contributed by atoms with E-state index in [1.165, 1.54) is 5.56 Å². The Morgan fingerprint density at radius 1 is 1.06 bits per heavy atom. The largest absolute Gasteiger partial charge is 0.508 e. The van der Waals surface area contributed by atoms with Crippen LogP contribution in [0.25, 0.3) is 0 Å². The average molecular weight is 240 g/mol. The summed E-state index contributed by atoms with van der Waals surface area (Å²) in [4.78, 5) is 10.6. The first kappa shape index (κ1) is 12.4. The summed E-state index contributed by atoms with van der Waals surface area (Å²) in [5.74, 6) is 0.340. The molecular weight excluding hydrogens is 224 g/mol. The summed E-state index contributed by atoms with van der Waals surface area (Å²) in [6, 6.07) is 11.4. The number of carbonyl (C=O) groups is 1. The Morgan fingerprint density at radius 3 is 2.33 bits per heavy atom. The van der Waals surface area contributed by atoms with Gasteiger partial charge in [0.15, 0.2) is 0 Å². The van der Waals surface area contributed by atoms with Gasteiger partial charge in [-0.05, 0) is 48.6 Å². The molecule has 0 saturated carbocycles. The van der Waals surface area contributed by atoms with E-state index >= 15 is 0 Å². The van der Waals surface area contributed by atoms with Gasteiger partial charge in [0.25, 0.3) is 0 Å². The zero-order valence-electron chi connectivity index (χ0n) is 10.6. The zero-order valence-corrected chi connectivity index (χ0v) is 10.6. The molecule has 2 nitrogen and oxygen atoms in total. The van der Waals surface area contributed by atoms with Crippen molar-refractivity contribution in [3.63, 3.8) is 0 Å². The summed E-state index contributed by atoms with van der Waals surface area (Å²) in [6.07, 6.45) is 1.66. The van der Waals surface area contributed by atoms with E-state index < -0.39 is 0 Å².